The molecule has 2 N–H and O–H groups in total. The summed E-state index contributed by atoms with van der Waals surface area (Å²) in [6, 6.07) is 25.5. The van der Waals surface area contributed by atoms with Crippen LogP contribution in [0.3, 0.4) is 0 Å². The number of nitrogens with zero attached hydrogens (tertiary/aromatic N) is 1. The van der Waals surface area contributed by atoms with Gasteiger partial charge in [0.25, 0.3) is 11.8 Å². The monoisotopic (exact) mass is 681 g/mol. The third-order valence-electron chi connectivity index (χ3n) is 7.47. The van der Waals surface area contributed by atoms with Gasteiger partial charge < -0.3 is 29.6 Å². The highest BCUT2D eigenvalue weighted by Gasteiger charge is 2.40. The van der Waals surface area contributed by atoms with Gasteiger partial charge in [-0.1, -0.05) is 18.2 Å². The van der Waals surface area contributed by atoms with Gasteiger partial charge in [-0.15, -0.1) is 11.8 Å². The highest BCUT2D eigenvalue weighted by Crippen LogP contribution is 2.37. The van der Waals surface area contributed by atoms with Crippen molar-refractivity contribution in [3.05, 3.63) is 108 Å². The van der Waals surface area contributed by atoms with Crippen LogP contribution < -0.4 is 34.5 Å². The van der Waals surface area contributed by atoms with E-state index in [9.17, 15) is 19.2 Å². The first-order valence-electron chi connectivity index (χ1n) is 15.3. The summed E-state index contributed by atoms with van der Waals surface area (Å²) in [5.74, 6) is 0.227. The summed E-state index contributed by atoms with van der Waals surface area (Å²) in [7, 11) is 4.47. The molecule has 49 heavy (non-hydrogen) atoms. The minimum absolute atomic E-state index is 0.0535. The number of hydrogen-bond acceptors (Lipinski definition) is 9. The molecule has 11 nitrogen and oxygen atoms in total. The molecule has 12 heteroatoms. The molecule has 0 aromatic heterocycles. The van der Waals surface area contributed by atoms with E-state index in [4.69, 9.17) is 18.9 Å². The maximum atomic E-state index is 13.6. The van der Waals surface area contributed by atoms with Crippen LogP contribution in [0.2, 0.25) is 0 Å². The van der Waals surface area contributed by atoms with Crippen LogP contribution in [0.25, 0.3) is 6.08 Å². The Kier molecular flexibility index (Phi) is 11.2. The van der Waals surface area contributed by atoms with E-state index in [2.05, 4.69) is 10.6 Å². The van der Waals surface area contributed by atoms with Crippen LogP contribution in [0.15, 0.2) is 102 Å². The molecule has 1 unspecified atom stereocenters. The van der Waals surface area contributed by atoms with Gasteiger partial charge in [0, 0.05) is 34.2 Å². The topological polar surface area (TPSA) is 132 Å². The second-order valence-corrected chi connectivity index (χ2v) is 11.9. The summed E-state index contributed by atoms with van der Waals surface area (Å²) >= 11 is 1.27. The van der Waals surface area contributed by atoms with Crippen molar-refractivity contribution in [1.29, 1.82) is 0 Å². The number of hydrogen-bond donors (Lipinski definition) is 2. The zero-order valence-corrected chi connectivity index (χ0v) is 28.2. The fourth-order valence-electron chi connectivity index (χ4n) is 5.07. The normalized spacial score (nSPS) is 14.3. The average molecular weight is 682 g/mol. The summed E-state index contributed by atoms with van der Waals surface area (Å²) in [5.41, 5.74) is 1.71. The third kappa shape index (κ3) is 8.22. The number of amides is 4. The number of imide groups is 1. The lowest BCUT2D eigenvalue weighted by Crippen LogP contribution is -2.31. The SMILES string of the molecule is CCOc1ccc(N2C(=O)CC(Sc3ccc(NC(=O)/C(=C/c4cc(OC)c(OC)cc4OC)NC(=O)c4ccccc4)cc3)C2=O)cc1. The van der Waals surface area contributed by atoms with Crippen LogP contribution in [-0.4, -0.2) is 56.8 Å². The average Bonchev–Trinajstić information content (AvgIpc) is 3.40. The molecule has 0 radical (unpaired) electrons. The summed E-state index contributed by atoms with van der Waals surface area (Å²) < 4.78 is 21.8. The fourth-order valence-corrected chi connectivity index (χ4v) is 6.12. The molecule has 1 atom stereocenters. The van der Waals surface area contributed by atoms with E-state index in [-0.39, 0.29) is 23.9 Å². The minimum atomic E-state index is -0.598. The maximum absolute atomic E-state index is 13.6. The second kappa shape index (κ2) is 15.9. The van der Waals surface area contributed by atoms with E-state index < -0.39 is 17.1 Å². The molecule has 1 fully saturated rings. The largest absolute Gasteiger partial charge is 0.496 e. The Hall–Kier alpha value is -5.75. The molecule has 4 aromatic carbocycles. The van der Waals surface area contributed by atoms with E-state index in [1.165, 1.54) is 44.1 Å². The molecule has 0 bridgehead atoms. The van der Waals surface area contributed by atoms with Crippen LogP contribution in [0, 0.1) is 0 Å². The van der Waals surface area contributed by atoms with Crippen molar-refractivity contribution in [3.8, 4) is 23.0 Å². The quantitative estimate of drug-likeness (QED) is 0.130. The number of carbonyl (C=O) groups is 4. The van der Waals surface area contributed by atoms with Crippen molar-refractivity contribution >= 4 is 52.8 Å². The molecule has 4 aromatic rings. The van der Waals surface area contributed by atoms with Crippen molar-refractivity contribution in [2.75, 3.05) is 38.2 Å². The number of thioether (sulfide) groups is 1. The predicted octanol–water partition coefficient (Wildman–Crippen LogP) is 5.94. The zero-order chi connectivity index (χ0) is 34.9. The van der Waals surface area contributed by atoms with Gasteiger partial charge in [0.15, 0.2) is 11.5 Å². The molecule has 1 heterocycles. The van der Waals surface area contributed by atoms with Gasteiger partial charge in [-0.2, -0.15) is 0 Å². The Morgan fingerprint density at radius 2 is 1.51 bits per heavy atom. The number of methoxy groups -OCH3 is 3. The molecule has 0 spiro atoms. The number of benzene rings is 4. The molecule has 1 saturated heterocycles. The van der Waals surface area contributed by atoms with Crippen molar-refractivity contribution in [2.45, 2.75) is 23.5 Å². The van der Waals surface area contributed by atoms with Crippen molar-refractivity contribution < 1.29 is 38.1 Å². The molecular formula is C37H35N3O8S. The minimum Gasteiger partial charge on any atom is -0.496 e. The Balaban J connectivity index is 1.33. The van der Waals surface area contributed by atoms with E-state index in [1.54, 1.807) is 91.0 Å². The van der Waals surface area contributed by atoms with Crippen molar-refractivity contribution in [2.24, 2.45) is 0 Å². The van der Waals surface area contributed by atoms with E-state index in [0.29, 0.717) is 52.1 Å². The standard InChI is InChI=1S/C37H35N3O8S/c1-5-48-27-15-13-26(14-16-27)40-34(41)22-33(37(40)44)49-28-17-11-25(12-18-28)38-36(43)29(39-35(42)23-9-7-6-8-10-23)19-24-20-31(46-3)32(47-4)21-30(24)45-2/h6-21,33H,5,22H2,1-4H3,(H,38,43)(H,39,42)/b29-19-. The predicted molar refractivity (Wildman–Crippen MR) is 187 cm³/mol. The Bertz CT molecular complexity index is 1860. The molecule has 252 valence electrons. The molecule has 0 saturated carbocycles. The smallest absolute Gasteiger partial charge is 0.272 e. The fraction of sp³-hybridized carbons (Fsp3) is 0.189. The van der Waals surface area contributed by atoms with Gasteiger partial charge in [0.05, 0.1) is 38.9 Å². The van der Waals surface area contributed by atoms with Gasteiger partial charge in [-0.3, -0.25) is 19.2 Å². The van der Waals surface area contributed by atoms with Gasteiger partial charge in [0.1, 0.15) is 17.2 Å². The zero-order valence-electron chi connectivity index (χ0n) is 27.4. The van der Waals surface area contributed by atoms with Gasteiger partial charge in [0.2, 0.25) is 11.8 Å². The highest BCUT2D eigenvalue weighted by molar-refractivity contribution is 8.00. The van der Waals surface area contributed by atoms with E-state index in [1.807, 2.05) is 6.92 Å². The Morgan fingerprint density at radius 1 is 0.857 bits per heavy atom. The number of carbonyl (C=O) groups excluding carboxylic acids is 4. The van der Waals surface area contributed by atoms with Crippen molar-refractivity contribution in [3.63, 3.8) is 0 Å². The Morgan fingerprint density at radius 3 is 2.14 bits per heavy atom. The van der Waals surface area contributed by atoms with E-state index >= 15 is 0 Å². The molecule has 5 rings (SSSR count). The number of rotatable bonds is 13. The number of anilines is 2. The van der Waals surface area contributed by atoms with Gasteiger partial charge in [-0.05, 0) is 79.7 Å². The third-order valence-corrected chi connectivity index (χ3v) is 8.66. The van der Waals surface area contributed by atoms with Crippen LogP contribution >= 0.6 is 11.8 Å². The lowest BCUT2D eigenvalue weighted by Gasteiger charge is -2.16. The first kappa shape index (κ1) is 34.6. The molecule has 0 aliphatic carbocycles. The summed E-state index contributed by atoms with van der Waals surface area (Å²) in [5, 5.41) is 4.93. The van der Waals surface area contributed by atoms with Crippen LogP contribution in [0.5, 0.6) is 23.0 Å². The molecule has 1 aliphatic heterocycles. The van der Waals surface area contributed by atoms with Gasteiger partial charge in [-0.25, -0.2) is 4.90 Å². The van der Waals surface area contributed by atoms with E-state index in [0.717, 1.165) is 4.90 Å². The van der Waals surface area contributed by atoms with Gasteiger partial charge >= 0.3 is 0 Å². The summed E-state index contributed by atoms with van der Waals surface area (Å²) in [6.45, 7) is 2.39. The Labute approximate surface area is 288 Å². The second-order valence-electron chi connectivity index (χ2n) is 10.6. The summed E-state index contributed by atoms with van der Waals surface area (Å²) in [6.07, 6.45) is 1.55. The highest BCUT2D eigenvalue weighted by atomic mass is 32.2. The number of nitrogens with one attached hydrogen (secondary N) is 2. The lowest BCUT2D eigenvalue weighted by atomic mass is 10.1. The van der Waals surface area contributed by atoms with Crippen LogP contribution in [0.4, 0.5) is 11.4 Å². The summed E-state index contributed by atoms with van der Waals surface area (Å²) in [4.78, 5) is 54.7. The van der Waals surface area contributed by atoms with Crippen molar-refractivity contribution in [1.82, 2.24) is 5.32 Å². The maximum Gasteiger partial charge on any atom is 0.272 e. The van der Waals surface area contributed by atoms with Crippen LogP contribution in [0.1, 0.15) is 29.3 Å². The lowest BCUT2D eigenvalue weighted by molar-refractivity contribution is -0.121. The number of ether oxygens (including phenoxy) is 4. The molecular weight excluding hydrogens is 646 g/mol. The first-order chi connectivity index (χ1) is 23.7. The molecule has 1 aliphatic rings. The first-order valence-corrected chi connectivity index (χ1v) is 16.2. The van der Waals surface area contributed by atoms with Crippen LogP contribution in [-0.2, 0) is 14.4 Å². The molecule has 4 amide bonds.